The Hall–Kier alpha value is -2.70. The predicted octanol–water partition coefficient (Wildman–Crippen LogP) is 1.78. The summed E-state index contributed by atoms with van der Waals surface area (Å²) in [5.41, 5.74) is -2.34. The van der Waals surface area contributed by atoms with Gasteiger partial charge in [0.1, 0.15) is 6.10 Å². The molecule has 0 spiro atoms. The average molecular weight is 359 g/mol. The van der Waals surface area contributed by atoms with E-state index < -0.39 is 34.8 Å². The molecule has 1 fully saturated rings. The van der Waals surface area contributed by atoms with Crippen molar-refractivity contribution in [3.05, 3.63) is 35.9 Å². The van der Waals surface area contributed by atoms with Gasteiger partial charge in [0.15, 0.2) is 11.0 Å². The molecule has 0 N–H and O–H groups in total. The van der Waals surface area contributed by atoms with Crippen LogP contribution in [0.3, 0.4) is 0 Å². The molecule has 1 aromatic rings. The average Bonchev–Trinajstić information content (AvgIpc) is 2.80. The van der Waals surface area contributed by atoms with Crippen LogP contribution in [0.15, 0.2) is 35.3 Å². The number of aliphatic imine (C=N–C) groups is 1. The summed E-state index contributed by atoms with van der Waals surface area (Å²) < 4.78 is 16.0. The van der Waals surface area contributed by atoms with Crippen LogP contribution in [0.2, 0.25) is 0 Å². The summed E-state index contributed by atoms with van der Waals surface area (Å²) in [6, 6.07) is 8.89. The molecule has 1 heterocycles. The van der Waals surface area contributed by atoms with E-state index in [1.807, 2.05) is 6.07 Å². The molecule has 1 saturated carbocycles. The van der Waals surface area contributed by atoms with Crippen LogP contribution in [0.25, 0.3) is 0 Å². The van der Waals surface area contributed by atoms with Gasteiger partial charge < -0.3 is 14.2 Å². The lowest BCUT2D eigenvalue weighted by Crippen LogP contribution is -2.69. The van der Waals surface area contributed by atoms with Gasteiger partial charge in [0.05, 0.1) is 13.2 Å². The number of fused-ring (bicyclic) bond motifs is 1. The van der Waals surface area contributed by atoms with E-state index in [-0.39, 0.29) is 25.5 Å². The quantitative estimate of drug-likeness (QED) is 0.588. The van der Waals surface area contributed by atoms with Gasteiger partial charge in [-0.25, -0.2) is 4.99 Å². The monoisotopic (exact) mass is 359 g/mol. The third kappa shape index (κ3) is 2.26. The van der Waals surface area contributed by atoms with Crippen LogP contribution in [0.1, 0.15) is 32.8 Å². The number of carbonyl (C=O) groups is 3. The van der Waals surface area contributed by atoms with E-state index in [0.29, 0.717) is 5.56 Å². The molecule has 1 unspecified atom stereocenters. The van der Waals surface area contributed by atoms with E-state index >= 15 is 0 Å². The van der Waals surface area contributed by atoms with E-state index in [9.17, 15) is 14.4 Å². The largest absolute Gasteiger partial charge is 0.476 e. The first-order valence-corrected chi connectivity index (χ1v) is 8.61. The second kappa shape index (κ2) is 6.55. The van der Waals surface area contributed by atoms with Crippen LogP contribution in [0, 0.1) is 5.41 Å². The van der Waals surface area contributed by atoms with E-state index in [1.54, 1.807) is 38.1 Å². The van der Waals surface area contributed by atoms with Crippen molar-refractivity contribution in [2.45, 2.75) is 38.8 Å². The summed E-state index contributed by atoms with van der Waals surface area (Å²) in [4.78, 5) is 42.1. The fourth-order valence-corrected chi connectivity index (χ4v) is 3.89. The highest BCUT2D eigenvalue weighted by Crippen LogP contribution is 2.64. The number of hydrogen-bond acceptors (Lipinski definition) is 7. The molecule has 1 aromatic carbocycles. The number of ether oxygens (including phenoxy) is 3. The second-order valence-corrected chi connectivity index (χ2v) is 6.24. The van der Waals surface area contributed by atoms with Crippen molar-refractivity contribution in [2.24, 2.45) is 10.4 Å². The minimum atomic E-state index is -1.57. The number of rotatable bonds is 5. The molecular weight excluding hydrogens is 338 g/mol. The fraction of sp³-hybridized carbons (Fsp3) is 0.474. The van der Waals surface area contributed by atoms with Crippen LogP contribution in [-0.2, 0) is 34.1 Å². The Morgan fingerprint density at radius 1 is 1.19 bits per heavy atom. The zero-order valence-corrected chi connectivity index (χ0v) is 15.0. The van der Waals surface area contributed by atoms with Crippen molar-refractivity contribution in [1.29, 1.82) is 0 Å². The third-order valence-corrected chi connectivity index (χ3v) is 4.90. The van der Waals surface area contributed by atoms with E-state index in [4.69, 9.17) is 14.2 Å². The second-order valence-electron chi connectivity index (χ2n) is 6.24. The molecule has 7 heteroatoms. The molecular formula is C19H21NO6. The maximum absolute atomic E-state index is 13.1. The molecule has 0 saturated heterocycles. The Morgan fingerprint density at radius 3 is 2.46 bits per heavy atom. The van der Waals surface area contributed by atoms with Gasteiger partial charge in [-0.1, -0.05) is 30.3 Å². The summed E-state index contributed by atoms with van der Waals surface area (Å²) >= 11 is 0. The van der Waals surface area contributed by atoms with Crippen molar-refractivity contribution < 1.29 is 28.6 Å². The number of benzene rings is 1. The van der Waals surface area contributed by atoms with Gasteiger partial charge in [-0.15, -0.1) is 0 Å². The van der Waals surface area contributed by atoms with E-state index in [2.05, 4.69) is 4.99 Å². The van der Waals surface area contributed by atoms with Gasteiger partial charge >= 0.3 is 11.9 Å². The topological polar surface area (TPSA) is 91.3 Å². The van der Waals surface area contributed by atoms with Gasteiger partial charge in [-0.3, -0.25) is 14.4 Å². The van der Waals surface area contributed by atoms with Gasteiger partial charge in [0.2, 0.25) is 5.78 Å². The first-order valence-electron chi connectivity index (χ1n) is 8.61. The van der Waals surface area contributed by atoms with E-state index in [0.717, 1.165) is 0 Å². The van der Waals surface area contributed by atoms with Crippen molar-refractivity contribution >= 4 is 23.6 Å². The minimum Gasteiger partial charge on any atom is -0.476 e. The van der Waals surface area contributed by atoms with Crippen molar-refractivity contribution in [3.63, 3.8) is 0 Å². The maximum atomic E-state index is 13.1. The summed E-state index contributed by atoms with van der Waals surface area (Å²) in [5.74, 6) is -1.82. The van der Waals surface area contributed by atoms with Gasteiger partial charge in [-0.2, -0.15) is 0 Å². The zero-order chi connectivity index (χ0) is 18.9. The van der Waals surface area contributed by atoms with Crippen LogP contribution in [0.5, 0.6) is 0 Å². The Kier molecular flexibility index (Phi) is 4.56. The standard InChI is InChI=1S/C19H21NO6/c1-4-24-16-15(22)18(17(23)25-5-2)11-14(26-12(3)21)19(18,20-16)13-9-7-6-8-10-13/h6-10,14H,4-5,11H2,1-3H3/t14?,18-,19-/m1/s1. The molecule has 1 aliphatic heterocycles. The number of Topliss-reactive ketones (excluding diaryl/α,β-unsaturated/α-hetero) is 1. The molecule has 0 aromatic heterocycles. The SMILES string of the molecule is CCOC(=O)[C@]12CC(OC(C)=O)[C@@]1(c1ccccc1)N=C(OCC)C2=O. The summed E-state index contributed by atoms with van der Waals surface area (Å²) in [6.45, 7) is 5.04. The normalized spacial score (nSPS) is 29.3. The Balaban J connectivity index is 2.20. The smallest absolute Gasteiger partial charge is 0.323 e. The lowest BCUT2D eigenvalue weighted by molar-refractivity contribution is -0.200. The number of carbonyl (C=O) groups excluding carboxylic acids is 3. The number of hydrogen-bond donors (Lipinski definition) is 0. The van der Waals surface area contributed by atoms with Gasteiger partial charge in [-0.05, 0) is 19.4 Å². The summed E-state index contributed by atoms with van der Waals surface area (Å²) in [6.07, 6.45) is -0.743. The summed E-state index contributed by atoms with van der Waals surface area (Å²) in [5, 5.41) is 0. The van der Waals surface area contributed by atoms with E-state index in [1.165, 1.54) is 6.92 Å². The van der Waals surface area contributed by atoms with Crippen molar-refractivity contribution in [1.82, 2.24) is 0 Å². The van der Waals surface area contributed by atoms with Crippen LogP contribution in [-0.4, -0.2) is 42.9 Å². The van der Waals surface area contributed by atoms with Crippen molar-refractivity contribution in [2.75, 3.05) is 13.2 Å². The molecule has 0 radical (unpaired) electrons. The summed E-state index contributed by atoms with van der Waals surface area (Å²) in [7, 11) is 0. The lowest BCUT2D eigenvalue weighted by Gasteiger charge is -2.54. The lowest BCUT2D eigenvalue weighted by atomic mass is 9.50. The predicted molar refractivity (Wildman–Crippen MR) is 91.4 cm³/mol. The van der Waals surface area contributed by atoms with Gasteiger partial charge in [0.25, 0.3) is 5.90 Å². The molecule has 1 aliphatic carbocycles. The Morgan fingerprint density at radius 2 is 1.88 bits per heavy atom. The number of ketones is 1. The third-order valence-electron chi connectivity index (χ3n) is 4.90. The molecule has 7 nitrogen and oxygen atoms in total. The number of esters is 2. The van der Waals surface area contributed by atoms with Gasteiger partial charge in [0, 0.05) is 13.3 Å². The van der Waals surface area contributed by atoms with Crippen LogP contribution < -0.4 is 0 Å². The molecule has 0 amide bonds. The number of nitrogens with zero attached hydrogens (tertiary/aromatic N) is 1. The molecule has 3 rings (SSSR count). The highest BCUT2D eigenvalue weighted by molar-refractivity contribution is 6.45. The molecule has 2 aliphatic rings. The molecule has 26 heavy (non-hydrogen) atoms. The Labute approximate surface area is 151 Å². The Bertz CT molecular complexity index is 773. The first-order chi connectivity index (χ1) is 12.4. The molecule has 0 bridgehead atoms. The highest BCUT2D eigenvalue weighted by atomic mass is 16.6. The highest BCUT2D eigenvalue weighted by Gasteiger charge is 2.81. The minimum absolute atomic E-state index is 0.0131. The zero-order valence-electron chi connectivity index (χ0n) is 15.0. The first kappa shape index (κ1) is 18.1. The fourth-order valence-electron chi connectivity index (χ4n) is 3.89. The van der Waals surface area contributed by atoms with Crippen LogP contribution >= 0.6 is 0 Å². The van der Waals surface area contributed by atoms with Crippen LogP contribution in [0.4, 0.5) is 0 Å². The molecule has 3 atom stereocenters. The maximum Gasteiger partial charge on any atom is 0.323 e. The van der Waals surface area contributed by atoms with Crippen molar-refractivity contribution in [3.8, 4) is 0 Å². The molecule has 138 valence electrons.